The van der Waals surface area contributed by atoms with Crippen LogP contribution in [-0.2, 0) is 14.3 Å². The van der Waals surface area contributed by atoms with E-state index in [1.165, 1.54) is 64.4 Å². The number of aliphatic hydroxyl groups is 1. The maximum atomic E-state index is 11.5. The van der Waals surface area contributed by atoms with E-state index in [4.69, 9.17) is 0 Å². The van der Waals surface area contributed by atoms with Gasteiger partial charge in [0, 0.05) is 6.92 Å². The number of rotatable bonds is 17. The highest BCUT2D eigenvalue weighted by Gasteiger charge is 2.10. The number of ketones is 1. The summed E-state index contributed by atoms with van der Waals surface area (Å²) < 4.78 is 4.50. The minimum absolute atomic E-state index is 0.181. The Hall–Kier alpha value is -1.42. The quantitative estimate of drug-likeness (QED) is 0.119. The van der Waals surface area contributed by atoms with E-state index >= 15 is 0 Å². The molecule has 0 aromatic carbocycles. The molecule has 1 N–H and O–H groups in total. The van der Waals surface area contributed by atoms with E-state index in [2.05, 4.69) is 23.8 Å². The van der Waals surface area contributed by atoms with Gasteiger partial charge in [0.25, 0.3) is 0 Å². The van der Waals surface area contributed by atoms with E-state index in [1.54, 1.807) is 0 Å². The Morgan fingerprint density at radius 2 is 1.35 bits per heavy atom. The molecule has 0 aliphatic heterocycles. The van der Waals surface area contributed by atoms with E-state index in [-0.39, 0.29) is 12.2 Å². The van der Waals surface area contributed by atoms with Crippen molar-refractivity contribution >= 4 is 11.8 Å². The van der Waals surface area contributed by atoms with Gasteiger partial charge in [-0.05, 0) is 44.6 Å². The van der Waals surface area contributed by atoms with Gasteiger partial charge in [-0.3, -0.25) is 9.59 Å². The van der Waals surface area contributed by atoms with Crippen LogP contribution in [0.25, 0.3) is 0 Å². The minimum atomic E-state index is -1.34. The first-order valence-corrected chi connectivity index (χ1v) is 10.3. The zero-order chi connectivity index (χ0) is 19.5. The molecule has 0 bridgehead atoms. The van der Waals surface area contributed by atoms with Crippen LogP contribution in [0.3, 0.4) is 0 Å². The lowest BCUT2D eigenvalue weighted by Gasteiger charge is -2.07. The van der Waals surface area contributed by atoms with Crippen LogP contribution in [0.2, 0.25) is 0 Å². The Morgan fingerprint density at radius 3 is 1.92 bits per heavy atom. The molecule has 0 aromatic rings. The van der Waals surface area contributed by atoms with Crippen molar-refractivity contribution in [1.82, 2.24) is 0 Å². The lowest BCUT2D eigenvalue weighted by molar-refractivity contribution is -0.166. The molecule has 0 heterocycles. The third-order valence-electron chi connectivity index (χ3n) is 4.11. The van der Waals surface area contributed by atoms with E-state index in [0.29, 0.717) is 0 Å². The van der Waals surface area contributed by atoms with Crippen LogP contribution < -0.4 is 0 Å². The summed E-state index contributed by atoms with van der Waals surface area (Å²) in [5.41, 5.74) is 0. The number of unbranched alkanes of at least 4 members (excludes halogenated alkanes) is 10. The molecule has 0 amide bonds. The second-order valence-corrected chi connectivity index (χ2v) is 6.80. The molecule has 0 fully saturated rings. The van der Waals surface area contributed by atoms with Gasteiger partial charge in [0.2, 0.25) is 6.29 Å². The molecule has 4 heteroatoms. The standard InChI is InChI=1S/C22H38O4/c1-3-4-5-6-7-8-9-10-11-12-13-14-15-16-17-18-21(24)19-22(25)26-20(2)23/h10-11,17-18,22,25H,3-9,12-16,19H2,1-2H3/b11-10-,18-17+. The number of carbonyl (C=O) groups excluding carboxylic acids is 2. The predicted molar refractivity (Wildman–Crippen MR) is 107 cm³/mol. The molecule has 0 radical (unpaired) electrons. The van der Waals surface area contributed by atoms with Crippen LogP contribution in [-0.4, -0.2) is 23.1 Å². The first-order chi connectivity index (χ1) is 12.6. The molecule has 0 saturated carbocycles. The van der Waals surface area contributed by atoms with E-state index in [1.807, 2.05) is 6.08 Å². The Kier molecular flexibility index (Phi) is 17.4. The molecule has 0 aliphatic carbocycles. The van der Waals surface area contributed by atoms with Crippen molar-refractivity contribution in [3.8, 4) is 0 Å². The van der Waals surface area contributed by atoms with Gasteiger partial charge in [0.1, 0.15) is 0 Å². The molecule has 1 atom stereocenters. The normalized spacial score (nSPS) is 12.7. The number of carbonyl (C=O) groups is 2. The van der Waals surface area contributed by atoms with E-state index in [9.17, 15) is 14.7 Å². The van der Waals surface area contributed by atoms with Crippen molar-refractivity contribution in [1.29, 1.82) is 0 Å². The topological polar surface area (TPSA) is 63.6 Å². The van der Waals surface area contributed by atoms with Gasteiger partial charge in [-0.25, -0.2) is 0 Å². The molecular formula is C22H38O4. The first kappa shape index (κ1) is 24.6. The lowest BCUT2D eigenvalue weighted by atomic mass is 10.1. The van der Waals surface area contributed by atoms with Crippen LogP contribution in [0, 0.1) is 0 Å². The molecule has 0 rings (SSSR count). The maximum absolute atomic E-state index is 11.5. The summed E-state index contributed by atoms with van der Waals surface area (Å²) >= 11 is 0. The maximum Gasteiger partial charge on any atom is 0.304 e. The molecule has 0 aliphatic rings. The van der Waals surface area contributed by atoms with Crippen molar-refractivity contribution < 1.29 is 19.4 Å². The Bertz CT molecular complexity index is 412. The second kappa shape index (κ2) is 18.4. The summed E-state index contributed by atoms with van der Waals surface area (Å²) in [6.45, 7) is 3.45. The minimum Gasteiger partial charge on any atom is -0.436 e. The molecule has 26 heavy (non-hydrogen) atoms. The fourth-order valence-corrected chi connectivity index (χ4v) is 2.67. The fraction of sp³-hybridized carbons (Fsp3) is 0.727. The van der Waals surface area contributed by atoms with Crippen molar-refractivity contribution in [2.24, 2.45) is 0 Å². The summed E-state index contributed by atoms with van der Waals surface area (Å²) in [5, 5.41) is 9.31. The van der Waals surface area contributed by atoms with Crippen LogP contribution in [0.1, 0.15) is 97.3 Å². The molecule has 150 valence electrons. The van der Waals surface area contributed by atoms with E-state index in [0.717, 1.165) is 25.7 Å². The molecule has 1 unspecified atom stereocenters. The van der Waals surface area contributed by atoms with Crippen molar-refractivity contribution in [3.63, 3.8) is 0 Å². The van der Waals surface area contributed by atoms with Crippen LogP contribution >= 0.6 is 0 Å². The predicted octanol–water partition coefficient (Wildman–Crippen LogP) is 5.64. The molecule has 0 aromatic heterocycles. The van der Waals surface area contributed by atoms with Gasteiger partial charge in [0.15, 0.2) is 5.78 Å². The van der Waals surface area contributed by atoms with Crippen molar-refractivity contribution in [3.05, 3.63) is 24.3 Å². The van der Waals surface area contributed by atoms with Crippen molar-refractivity contribution in [2.75, 3.05) is 0 Å². The Labute approximate surface area is 159 Å². The fourth-order valence-electron chi connectivity index (χ4n) is 2.67. The summed E-state index contributed by atoms with van der Waals surface area (Å²) in [6.07, 6.45) is 21.1. The third-order valence-corrected chi connectivity index (χ3v) is 4.11. The summed E-state index contributed by atoms with van der Waals surface area (Å²) in [6, 6.07) is 0. The number of ether oxygens (including phenoxy) is 1. The summed E-state index contributed by atoms with van der Waals surface area (Å²) in [4.78, 5) is 22.1. The molecule has 4 nitrogen and oxygen atoms in total. The zero-order valence-corrected chi connectivity index (χ0v) is 16.8. The van der Waals surface area contributed by atoms with Crippen LogP contribution in [0.4, 0.5) is 0 Å². The molecular weight excluding hydrogens is 328 g/mol. The number of hydrogen-bond acceptors (Lipinski definition) is 4. The number of esters is 1. The van der Waals surface area contributed by atoms with Gasteiger partial charge in [-0.15, -0.1) is 0 Å². The van der Waals surface area contributed by atoms with Gasteiger partial charge in [0.05, 0.1) is 6.42 Å². The van der Waals surface area contributed by atoms with Crippen molar-refractivity contribution in [2.45, 2.75) is 104 Å². The average molecular weight is 367 g/mol. The number of aliphatic hydroxyl groups excluding tert-OH is 1. The largest absolute Gasteiger partial charge is 0.436 e. The molecule has 0 saturated heterocycles. The molecule has 0 spiro atoms. The summed E-state index contributed by atoms with van der Waals surface area (Å²) in [5.74, 6) is -0.813. The first-order valence-electron chi connectivity index (χ1n) is 10.3. The Balaban J connectivity index is 3.43. The second-order valence-electron chi connectivity index (χ2n) is 6.80. The van der Waals surface area contributed by atoms with Gasteiger partial charge < -0.3 is 9.84 Å². The average Bonchev–Trinajstić information content (AvgIpc) is 2.57. The van der Waals surface area contributed by atoms with Gasteiger partial charge >= 0.3 is 5.97 Å². The van der Waals surface area contributed by atoms with Gasteiger partial charge in [-0.2, -0.15) is 0 Å². The smallest absolute Gasteiger partial charge is 0.304 e. The highest BCUT2D eigenvalue weighted by atomic mass is 16.6. The highest BCUT2D eigenvalue weighted by Crippen LogP contribution is 2.09. The SMILES string of the molecule is CCCCCCCC/C=C\CCCCC/C=C/C(=O)CC(O)OC(C)=O. The van der Waals surface area contributed by atoms with E-state index < -0.39 is 12.3 Å². The highest BCUT2D eigenvalue weighted by molar-refractivity contribution is 5.89. The third kappa shape index (κ3) is 18.9. The van der Waals surface area contributed by atoms with Gasteiger partial charge in [-0.1, -0.05) is 63.7 Å². The Morgan fingerprint density at radius 1 is 0.846 bits per heavy atom. The monoisotopic (exact) mass is 366 g/mol. The van der Waals surface area contributed by atoms with Crippen LogP contribution in [0.15, 0.2) is 24.3 Å². The summed E-state index contributed by atoms with van der Waals surface area (Å²) in [7, 11) is 0. The lowest BCUT2D eigenvalue weighted by Crippen LogP contribution is -2.18. The zero-order valence-electron chi connectivity index (χ0n) is 16.8. The number of hydrogen-bond donors (Lipinski definition) is 1. The number of allylic oxidation sites excluding steroid dienone is 4. The van der Waals surface area contributed by atoms with Crippen LogP contribution in [0.5, 0.6) is 0 Å².